The lowest BCUT2D eigenvalue weighted by molar-refractivity contribution is 0.171. The van der Waals surface area contributed by atoms with E-state index in [2.05, 4.69) is 44.3 Å². The lowest BCUT2D eigenvalue weighted by atomic mass is 9.88. The van der Waals surface area contributed by atoms with Crippen LogP contribution in [0.1, 0.15) is 36.1 Å². The van der Waals surface area contributed by atoms with Gasteiger partial charge in [-0.2, -0.15) is 0 Å². The molecular formula is C15H25NO. The molecule has 2 unspecified atom stereocenters. The van der Waals surface area contributed by atoms with Crippen LogP contribution in [0, 0.1) is 19.8 Å². The number of methoxy groups -OCH3 is 1. The van der Waals surface area contributed by atoms with Gasteiger partial charge in [0.05, 0.1) is 0 Å². The van der Waals surface area contributed by atoms with Crippen LogP contribution in [0.3, 0.4) is 0 Å². The summed E-state index contributed by atoms with van der Waals surface area (Å²) in [5.74, 6) is 0.570. The molecule has 0 bridgehead atoms. The van der Waals surface area contributed by atoms with Gasteiger partial charge in [0.2, 0.25) is 0 Å². The number of hydrogen-bond donors (Lipinski definition) is 1. The minimum Gasteiger partial charge on any atom is -0.385 e. The molecule has 0 saturated heterocycles. The van der Waals surface area contributed by atoms with Gasteiger partial charge in [0.15, 0.2) is 0 Å². The van der Waals surface area contributed by atoms with Crippen LogP contribution in [0.2, 0.25) is 0 Å². The number of ether oxygens (including phenoxy) is 1. The van der Waals surface area contributed by atoms with Crippen molar-refractivity contribution in [2.75, 3.05) is 20.8 Å². The first-order chi connectivity index (χ1) is 8.11. The molecule has 0 radical (unpaired) electrons. The lowest BCUT2D eigenvalue weighted by Gasteiger charge is -2.26. The molecule has 2 nitrogen and oxygen atoms in total. The topological polar surface area (TPSA) is 21.3 Å². The van der Waals surface area contributed by atoms with Gasteiger partial charge in [-0.3, -0.25) is 0 Å². The van der Waals surface area contributed by atoms with E-state index in [9.17, 15) is 0 Å². The molecule has 0 heterocycles. The molecule has 2 atom stereocenters. The van der Waals surface area contributed by atoms with Gasteiger partial charge in [-0.1, -0.05) is 25.1 Å². The van der Waals surface area contributed by atoms with Crippen LogP contribution in [-0.2, 0) is 4.74 Å². The van der Waals surface area contributed by atoms with E-state index in [4.69, 9.17) is 4.74 Å². The predicted molar refractivity (Wildman–Crippen MR) is 73.4 cm³/mol. The standard InChI is InChI=1S/C15H25NO/c1-11-7-6-8-14(13(11)3)15(16-4)12(2)9-10-17-5/h6-8,12,15-16H,9-10H2,1-5H3. The van der Waals surface area contributed by atoms with E-state index in [1.165, 1.54) is 16.7 Å². The largest absolute Gasteiger partial charge is 0.385 e. The Hall–Kier alpha value is -0.860. The van der Waals surface area contributed by atoms with Crippen molar-refractivity contribution in [3.05, 3.63) is 34.9 Å². The first kappa shape index (κ1) is 14.2. The van der Waals surface area contributed by atoms with Crippen molar-refractivity contribution >= 4 is 0 Å². The van der Waals surface area contributed by atoms with Crippen LogP contribution in [0.15, 0.2) is 18.2 Å². The van der Waals surface area contributed by atoms with E-state index >= 15 is 0 Å². The van der Waals surface area contributed by atoms with Crippen LogP contribution in [0.4, 0.5) is 0 Å². The van der Waals surface area contributed by atoms with E-state index in [0.717, 1.165) is 13.0 Å². The fraction of sp³-hybridized carbons (Fsp3) is 0.600. The van der Waals surface area contributed by atoms with Gasteiger partial charge in [0.25, 0.3) is 0 Å². The first-order valence-electron chi connectivity index (χ1n) is 6.34. The van der Waals surface area contributed by atoms with Crippen molar-refractivity contribution in [1.82, 2.24) is 5.32 Å². The highest BCUT2D eigenvalue weighted by atomic mass is 16.5. The zero-order valence-electron chi connectivity index (χ0n) is 11.7. The number of hydrogen-bond acceptors (Lipinski definition) is 2. The Morgan fingerprint density at radius 2 is 2.00 bits per heavy atom. The second kappa shape index (κ2) is 6.77. The molecule has 0 aromatic heterocycles. The Morgan fingerprint density at radius 3 is 2.59 bits per heavy atom. The average molecular weight is 235 g/mol. The summed E-state index contributed by atoms with van der Waals surface area (Å²) in [6.45, 7) is 7.48. The summed E-state index contributed by atoms with van der Waals surface area (Å²) >= 11 is 0. The average Bonchev–Trinajstić information content (AvgIpc) is 2.32. The minimum atomic E-state index is 0.407. The fourth-order valence-electron chi connectivity index (χ4n) is 2.33. The van der Waals surface area contributed by atoms with Crippen LogP contribution in [-0.4, -0.2) is 20.8 Å². The van der Waals surface area contributed by atoms with E-state index in [-0.39, 0.29) is 0 Å². The molecular weight excluding hydrogens is 210 g/mol. The number of benzene rings is 1. The molecule has 0 fully saturated rings. The molecule has 96 valence electrons. The minimum absolute atomic E-state index is 0.407. The maximum atomic E-state index is 5.17. The summed E-state index contributed by atoms with van der Waals surface area (Å²) in [5, 5.41) is 3.44. The van der Waals surface area contributed by atoms with Gasteiger partial charge >= 0.3 is 0 Å². The zero-order valence-corrected chi connectivity index (χ0v) is 11.7. The van der Waals surface area contributed by atoms with Crippen molar-refractivity contribution in [3.8, 4) is 0 Å². The molecule has 0 aliphatic carbocycles. The highest BCUT2D eigenvalue weighted by molar-refractivity contribution is 5.35. The van der Waals surface area contributed by atoms with Gasteiger partial charge < -0.3 is 10.1 Å². The quantitative estimate of drug-likeness (QED) is 0.817. The molecule has 1 rings (SSSR count). The Kier molecular flexibility index (Phi) is 5.66. The normalized spacial score (nSPS) is 14.6. The van der Waals surface area contributed by atoms with Crippen molar-refractivity contribution < 1.29 is 4.74 Å². The second-order valence-electron chi connectivity index (χ2n) is 4.81. The first-order valence-corrected chi connectivity index (χ1v) is 6.34. The summed E-state index contributed by atoms with van der Waals surface area (Å²) in [5.41, 5.74) is 4.17. The Labute approximate surface area is 105 Å². The van der Waals surface area contributed by atoms with Crippen molar-refractivity contribution in [1.29, 1.82) is 0 Å². The highest BCUT2D eigenvalue weighted by Gasteiger charge is 2.19. The van der Waals surface area contributed by atoms with Crippen LogP contribution in [0.25, 0.3) is 0 Å². The maximum absolute atomic E-state index is 5.17. The summed E-state index contributed by atoms with van der Waals surface area (Å²) in [4.78, 5) is 0. The molecule has 0 spiro atoms. The Balaban J connectivity index is 2.89. The van der Waals surface area contributed by atoms with E-state index in [1.54, 1.807) is 7.11 Å². The van der Waals surface area contributed by atoms with Crippen molar-refractivity contribution in [3.63, 3.8) is 0 Å². The summed E-state index contributed by atoms with van der Waals surface area (Å²) in [6.07, 6.45) is 1.08. The maximum Gasteiger partial charge on any atom is 0.0465 e. The molecule has 0 aliphatic rings. The number of aryl methyl sites for hydroxylation is 1. The Morgan fingerprint density at radius 1 is 1.29 bits per heavy atom. The van der Waals surface area contributed by atoms with Crippen LogP contribution >= 0.6 is 0 Å². The molecule has 1 aromatic rings. The summed E-state index contributed by atoms with van der Waals surface area (Å²) in [7, 11) is 3.80. The van der Waals surface area contributed by atoms with E-state index in [0.29, 0.717) is 12.0 Å². The summed E-state index contributed by atoms with van der Waals surface area (Å²) in [6, 6.07) is 6.95. The van der Waals surface area contributed by atoms with Gasteiger partial charge in [-0.25, -0.2) is 0 Å². The lowest BCUT2D eigenvalue weighted by Crippen LogP contribution is -2.25. The van der Waals surface area contributed by atoms with Crippen LogP contribution < -0.4 is 5.32 Å². The van der Waals surface area contributed by atoms with Crippen LogP contribution in [0.5, 0.6) is 0 Å². The van der Waals surface area contributed by atoms with E-state index < -0.39 is 0 Å². The molecule has 2 heteroatoms. The number of rotatable bonds is 6. The molecule has 0 saturated carbocycles. The van der Waals surface area contributed by atoms with Gasteiger partial charge in [-0.05, 0) is 49.9 Å². The highest BCUT2D eigenvalue weighted by Crippen LogP contribution is 2.28. The van der Waals surface area contributed by atoms with Gasteiger partial charge in [0.1, 0.15) is 0 Å². The molecule has 1 aromatic carbocycles. The molecule has 0 aliphatic heterocycles. The third-order valence-electron chi connectivity index (χ3n) is 3.64. The Bertz CT molecular complexity index is 349. The smallest absolute Gasteiger partial charge is 0.0465 e. The fourth-order valence-corrected chi connectivity index (χ4v) is 2.33. The molecule has 17 heavy (non-hydrogen) atoms. The molecule has 0 amide bonds. The van der Waals surface area contributed by atoms with Gasteiger partial charge in [-0.15, -0.1) is 0 Å². The third-order valence-corrected chi connectivity index (χ3v) is 3.64. The SMILES string of the molecule is CNC(c1cccc(C)c1C)C(C)CCOC. The predicted octanol–water partition coefficient (Wildman–Crippen LogP) is 3.24. The van der Waals surface area contributed by atoms with Crippen molar-refractivity contribution in [2.24, 2.45) is 5.92 Å². The van der Waals surface area contributed by atoms with Crippen molar-refractivity contribution in [2.45, 2.75) is 33.2 Å². The third kappa shape index (κ3) is 3.55. The van der Waals surface area contributed by atoms with Gasteiger partial charge in [0, 0.05) is 19.8 Å². The molecule has 1 N–H and O–H groups in total. The zero-order chi connectivity index (χ0) is 12.8. The monoisotopic (exact) mass is 235 g/mol. The second-order valence-corrected chi connectivity index (χ2v) is 4.81. The summed E-state index contributed by atoms with van der Waals surface area (Å²) < 4.78 is 5.17. The van der Waals surface area contributed by atoms with E-state index in [1.807, 2.05) is 7.05 Å². The number of nitrogens with one attached hydrogen (secondary N) is 1.